The molecule has 0 fully saturated rings. The molecule has 6 N–H and O–H groups in total. The van der Waals surface area contributed by atoms with Crippen LogP contribution in [0.4, 0.5) is 0 Å². The first-order valence-corrected chi connectivity index (χ1v) is 4.70. The molecule has 0 spiro atoms. The number of halogens is 4. The molecule has 0 aliphatic heterocycles. The first-order valence-electron chi connectivity index (χ1n) is 1.57. The Kier molecular flexibility index (Phi) is 37.1. The molecule has 96 valence electrons. The zero-order valence-corrected chi connectivity index (χ0v) is 11.1. The fourth-order valence-electron chi connectivity index (χ4n) is 0. The maximum atomic E-state index is 8.88. The summed E-state index contributed by atoms with van der Waals surface area (Å²) >= 11 is 0. The van der Waals surface area contributed by atoms with E-state index in [1.807, 2.05) is 0 Å². The van der Waals surface area contributed by atoms with E-state index in [1.165, 1.54) is 0 Å². The maximum absolute atomic E-state index is 8.88. The van der Waals surface area contributed by atoms with E-state index in [9.17, 15) is 0 Å². The van der Waals surface area contributed by atoms with Crippen molar-refractivity contribution in [2.45, 2.75) is 0 Å². The average Bonchev–Trinajstić information content (AvgIpc) is 1.12. The number of phosphoric acid groups is 2. The van der Waals surface area contributed by atoms with Gasteiger partial charge in [0.2, 0.25) is 0 Å². The Hall–Kier alpha value is 1.38. The van der Waals surface area contributed by atoms with Gasteiger partial charge in [0.05, 0.1) is 0 Å². The normalized spacial score (nSPS) is 8.43. The lowest BCUT2D eigenvalue weighted by molar-refractivity contribution is 0.272. The van der Waals surface area contributed by atoms with Crippen molar-refractivity contribution in [2.75, 3.05) is 0 Å². The molecule has 0 saturated carbocycles. The highest BCUT2D eigenvalue weighted by Gasteiger charge is 2.00. The van der Waals surface area contributed by atoms with E-state index in [0.29, 0.717) is 0 Å². The van der Waals surface area contributed by atoms with Gasteiger partial charge in [-0.25, -0.2) is 9.13 Å². The Morgan fingerprint density at radius 1 is 0.500 bits per heavy atom. The Morgan fingerprint density at radius 2 is 0.500 bits per heavy atom. The van der Waals surface area contributed by atoms with Crippen LogP contribution >= 0.6 is 65.3 Å². The van der Waals surface area contributed by atoms with Crippen LogP contribution in [0.25, 0.3) is 0 Å². The average molecular weight is 342 g/mol. The van der Waals surface area contributed by atoms with Gasteiger partial charge in [-0.1, -0.05) is 0 Å². The lowest BCUT2D eigenvalue weighted by atomic mass is 15.8. The fraction of sp³-hybridized carbons (Fsp3) is 0. The van der Waals surface area contributed by atoms with Gasteiger partial charge in [0.1, 0.15) is 0 Å². The van der Waals surface area contributed by atoms with Crippen molar-refractivity contribution >= 4 is 65.3 Å². The molecule has 14 heavy (non-hydrogen) atoms. The van der Waals surface area contributed by atoms with Gasteiger partial charge in [-0.05, 0) is 0 Å². The highest BCUT2D eigenvalue weighted by atomic mass is 35.5. The van der Waals surface area contributed by atoms with Crippen molar-refractivity contribution in [3.8, 4) is 0 Å². The quantitative estimate of drug-likeness (QED) is 0.332. The summed E-state index contributed by atoms with van der Waals surface area (Å²) in [6.45, 7) is 0. The third kappa shape index (κ3) is 1080. The first kappa shape index (κ1) is 36.1. The molecule has 8 nitrogen and oxygen atoms in total. The Bertz CT molecular complexity index is 132. The molecule has 0 atom stereocenters. The molecular formula is H10Cl4O8P2. The highest BCUT2D eigenvalue weighted by molar-refractivity contribution is 7.45. The summed E-state index contributed by atoms with van der Waals surface area (Å²) in [5.41, 5.74) is 0. The van der Waals surface area contributed by atoms with Gasteiger partial charge in [-0.15, -0.1) is 49.6 Å². The second kappa shape index (κ2) is 14.4. The first-order chi connectivity index (χ1) is 4.00. The molecule has 0 amide bonds. The molecule has 0 aromatic heterocycles. The molecule has 0 bridgehead atoms. The minimum atomic E-state index is -4.64. The van der Waals surface area contributed by atoms with Gasteiger partial charge in [-0.2, -0.15) is 0 Å². The molecule has 0 saturated heterocycles. The van der Waals surface area contributed by atoms with Crippen LogP contribution in [0, 0.1) is 0 Å². The van der Waals surface area contributed by atoms with Crippen molar-refractivity contribution in [1.29, 1.82) is 0 Å². The van der Waals surface area contributed by atoms with Crippen molar-refractivity contribution < 1.29 is 38.5 Å². The van der Waals surface area contributed by atoms with Crippen LogP contribution in [0.1, 0.15) is 0 Å². The molecule has 0 heterocycles. The van der Waals surface area contributed by atoms with Crippen molar-refractivity contribution in [3.63, 3.8) is 0 Å². The Balaban J connectivity index is -0.0000000178. The second-order valence-electron chi connectivity index (χ2n) is 1.03. The smallest absolute Gasteiger partial charge is 0.303 e. The third-order valence-electron chi connectivity index (χ3n) is 0. The maximum Gasteiger partial charge on any atom is 0.466 e. The predicted octanol–water partition coefficient (Wildman–Crippen LogP) is -0.170. The summed E-state index contributed by atoms with van der Waals surface area (Å²) in [6.07, 6.45) is 0. The van der Waals surface area contributed by atoms with Crippen LogP contribution in [0.2, 0.25) is 0 Å². The van der Waals surface area contributed by atoms with Crippen molar-refractivity contribution in [1.82, 2.24) is 0 Å². The zero-order valence-electron chi connectivity index (χ0n) is 6.03. The van der Waals surface area contributed by atoms with Gasteiger partial charge < -0.3 is 29.4 Å². The number of hydrogen-bond acceptors (Lipinski definition) is 2. The van der Waals surface area contributed by atoms with Gasteiger partial charge >= 0.3 is 15.6 Å². The SMILES string of the molecule is Cl.Cl.Cl.Cl.O=P(O)(O)O.O=P(O)(O)O. The Labute approximate surface area is 104 Å². The minimum Gasteiger partial charge on any atom is -0.303 e. The summed E-state index contributed by atoms with van der Waals surface area (Å²) in [6, 6.07) is 0. The molecule has 0 aromatic rings. The highest BCUT2D eigenvalue weighted by Crippen LogP contribution is 2.26. The van der Waals surface area contributed by atoms with Crippen LogP contribution in [0.5, 0.6) is 0 Å². The third-order valence-corrected chi connectivity index (χ3v) is 0. The fourth-order valence-corrected chi connectivity index (χ4v) is 0. The van der Waals surface area contributed by atoms with E-state index in [2.05, 4.69) is 0 Å². The molecule has 0 aliphatic carbocycles. The van der Waals surface area contributed by atoms with Crippen LogP contribution in [-0.2, 0) is 9.13 Å². The summed E-state index contributed by atoms with van der Waals surface area (Å²) in [7, 11) is -9.28. The number of hydrogen-bond donors (Lipinski definition) is 6. The van der Waals surface area contributed by atoms with Crippen molar-refractivity contribution in [2.24, 2.45) is 0 Å². The van der Waals surface area contributed by atoms with Crippen LogP contribution < -0.4 is 0 Å². The van der Waals surface area contributed by atoms with Crippen LogP contribution in [0.15, 0.2) is 0 Å². The lowest BCUT2D eigenvalue weighted by Crippen LogP contribution is -1.66. The number of rotatable bonds is 0. The summed E-state index contributed by atoms with van der Waals surface area (Å²) in [4.78, 5) is 43.1. The molecule has 0 aliphatic rings. The predicted molar refractivity (Wildman–Crippen MR) is 57.5 cm³/mol. The molecule has 0 unspecified atom stereocenters. The van der Waals surface area contributed by atoms with Gasteiger partial charge in [0, 0.05) is 0 Å². The van der Waals surface area contributed by atoms with Crippen LogP contribution in [-0.4, -0.2) is 29.4 Å². The summed E-state index contributed by atoms with van der Waals surface area (Å²) in [5.74, 6) is 0. The monoisotopic (exact) mass is 340 g/mol. The molecular weight excluding hydrogens is 332 g/mol. The molecule has 0 aromatic carbocycles. The molecule has 0 rings (SSSR count). The van der Waals surface area contributed by atoms with Crippen LogP contribution in [0.3, 0.4) is 0 Å². The second-order valence-corrected chi connectivity index (χ2v) is 3.08. The topological polar surface area (TPSA) is 156 Å². The standard InChI is InChI=1S/4ClH.2H3O4P/c;;;;2*1-5(2,3)4/h4*1H;2*(H3,1,2,3,4). The van der Waals surface area contributed by atoms with Gasteiger partial charge in [0.15, 0.2) is 0 Å². The van der Waals surface area contributed by atoms with E-state index in [0.717, 1.165) is 0 Å². The largest absolute Gasteiger partial charge is 0.466 e. The molecule has 14 heteroatoms. The van der Waals surface area contributed by atoms with Gasteiger partial charge in [-0.3, -0.25) is 0 Å². The van der Waals surface area contributed by atoms with Crippen molar-refractivity contribution in [3.05, 3.63) is 0 Å². The van der Waals surface area contributed by atoms with E-state index >= 15 is 0 Å². The van der Waals surface area contributed by atoms with E-state index in [-0.39, 0.29) is 49.6 Å². The van der Waals surface area contributed by atoms with E-state index < -0.39 is 15.6 Å². The van der Waals surface area contributed by atoms with E-state index in [4.69, 9.17) is 38.5 Å². The lowest BCUT2D eigenvalue weighted by Gasteiger charge is -1.82. The Morgan fingerprint density at radius 3 is 0.500 bits per heavy atom. The zero-order chi connectivity index (χ0) is 9.00. The summed E-state index contributed by atoms with van der Waals surface area (Å²) in [5, 5.41) is 0. The summed E-state index contributed by atoms with van der Waals surface area (Å²) < 4.78 is 17.8. The molecule has 0 radical (unpaired) electrons. The minimum absolute atomic E-state index is 0. The van der Waals surface area contributed by atoms with Gasteiger partial charge in [0.25, 0.3) is 0 Å². The van der Waals surface area contributed by atoms with E-state index in [1.54, 1.807) is 0 Å².